The van der Waals surface area contributed by atoms with Crippen molar-refractivity contribution >= 4 is 22.5 Å². The number of anilines is 2. The topological polar surface area (TPSA) is 102 Å². The summed E-state index contributed by atoms with van der Waals surface area (Å²) >= 11 is 0. The summed E-state index contributed by atoms with van der Waals surface area (Å²) in [5, 5.41) is 17.5. The second-order valence-electron chi connectivity index (χ2n) is 6.69. The zero-order chi connectivity index (χ0) is 21.9. The quantitative estimate of drug-likeness (QED) is 0.435. The van der Waals surface area contributed by atoms with Crippen molar-refractivity contribution in [1.82, 2.24) is 24.7 Å². The Hall–Kier alpha value is -4.84. The lowest BCUT2D eigenvalue weighted by Crippen LogP contribution is -2.00. The van der Waals surface area contributed by atoms with Crippen LogP contribution < -0.4 is 10.1 Å². The molecule has 0 aliphatic rings. The van der Waals surface area contributed by atoms with Gasteiger partial charge in [0.05, 0.1) is 11.1 Å². The number of fused-ring (bicyclic) bond motifs is 1. The molecule has 3 aromatic heterocycles. The van der Waals surface area contributed by atoms with Crippen molar-refractivity contribution in [2.24, 2.45) is 0 Å². The maximum absolute atomic E-state index is 14.2. The zero-order valence-electron chi connectivity index (χ0n) is 16.5. The average molecular weight is 423 g/mol. The molecule has 0 saturated carbocycles. The number of nitrogens with zero attached hydrogens (tertiary/aromatic N) is 6. The molecule has 0 radical (unpaired) electrons. The Kier molecular flexibility index (Phi) is 4.86. The first-order valence-corrected chi connectivity index (χ1v) is 9.56. The molecule has 3 heterocycles. The van der Waals surface area contributed by atoms with Gasteiger partial charge in [-0.1, -0.05) is 12.1 Å². The predicted molar refractivity (Wildman–Crippen MR) is 115 cm³/mol. The number of hydrogen-bond acceptors (Lipinski definition) is 7. The van der Waals surface area contributed by atoms with Crippen molar-refractivity contribution in [2.75, 3.05) is 5.32 Å². The second kappa shape index (κ2) is 8.12. The Bertz CT molecular complexity index is 1460. The number of ether oxygens (including phenoxy) is 1. The molecule has 0 bridgehead atoms. The standard InChI is InChI=1S/C23H14FN7O/c24-18-5-3-4-15(13-25)22(18)32-16-7-8-19-17(12-16)23(28-14-27-19)29-20-9-11-31(30-20)21-6-1-2-10-26-21/h1-12,14H,(H,27,28,29,30). The Morgan fingerprint density at radius 3 is 2.78 bits per heavy atom. The molecule has 0 aliphatic heterocycles. The minimum atomic E-state index is -0.619. The zero-order valence-corrected chi connectivity index (χ0v) is 16.5. The fourth-order valence-electron chi connectivity index (χ4n) is 3.15. The van der Waals surface area contributed by atoms with Crippen LogP contribution in [0.2, 0.25) is 0 Å². The van der Waals surface area contributed by atoms with E-state index >= 15 is 0 Å². The molecule has 0 aliphatic carbocycles. The minimum absolute atomic E-state index is 0.104. The SMILES string of the molecule is N#Cc1cccc(F)c1Oc1ccc2ncnc(Nc3ccn(-c4ccccn4)n3)c2c1. The fraction of sp³-hybridized carbons (Fsp3) is 0. The van der Waals surface area contributed by atoms with Crippen LogP contribution in [0.25, 0.3) is 16.7 Å². The summed E-state index contributed by atoms with van der Waals surface area (Å²) in [7, 11) is 0. The van der Waals surface area contributed by atoms with Crippen LogP contribution in [0.1, 0.15) is 5.56 Å². The van der Waals surface area contributed by atoms with Crippen molar-refractivity contribution in [3.05, 3.63) is 90.8 Å². The largest absolute Gasteiger partial charge is 0.453 e. The lowest BCUT2D eigenvalue weighted by molar-refractivity contribution is 0.441. The van der Waals surface area contributed by atoms with Gasteiger partial charge in [0.15, 0.2) is 23.2 Å². The lowest BCUT2D eigenvalue weighted by Gasteiger charge is -2.11. The van der Waals surface area contributed by atoms with E-state index < -0.39 is 5.82 Å². The highest BCUT2D eigenvalue weighted by molar-refractivity contribution is 5.91. The summed E-state index contributed by atoms with van der Waals surface area (Å²) in [6.45, 7) is 0. The van der Waals surface area contributed by atoms with Crippen LogP contribution in [0.3, 0.4) is 0 Å². The average Bonchev–Trinajstić information content (AvgIpc) is 3.30. The van der Waals surface area contributed by atoms with Crippen LogP contribution >= 0.6 is 0 Å². The maximum Gasteiger partial charge on any atom is 0.180 e. The Balaban J connectivity index is 1.48. The molecule has 2 aromatic carbocycles. The Labute approximate surface area is 181 Å². The van der Waals surface area contributed by atoms with Crippen molar-refractivity contribution in [1.29, 1.82) is 5.26 Å². The lowest BCUT2D eigenvalue weighted by atomic mass is 10.2. The third kappa shape index (κ3) is 3.68. The summed E-state index contributed by atoms with van der Waals surface area (Å²) in [6.07, 6.45) is 4.91. The van der Waals surface area contributed by atoms with Crippen molar-refractivity contribution < 1.29 is 9.13 Å². The number of rotatable bonds is 5. The number of nitriles is 1. The van der Waals surface area contributed by atoms with E-state index in [4.69, 9.17) is 4.74 Å². The van der Waals surface area contributed by atoms with Crippen LogP contribution in [-0.2, 0) is 0 Å². The first-order valence-electron chi connectivity index (χ1n) is 9.56. The van der Waals surface area contributed by atoms with E-state index in [1.54, 1.807) is 41.3 Å². The van der Waals surface area contributed by atoms with Gasteiger partial charge in [-0.05, 0) is 42.5 Å². The van der Waals surface area contributed by atoms with Gasteiger partial charge in [0, 0.05) is 23.8 Å². The van der Waals surface area contributed by atoms with Crippen LogP contribution in [0, 0.1) is 17.1 Å². The minimum Gasteiger partial charge on any atom is -0.453 e. The highest BCUT2D eigenvalue weighted by Crippen LogP contribution is 2.32. The molecule has 8 nitrogen and oxygen atoms in total. The predicted octanol–water partition coefficient (Wildman–Crippen LogP) is 4.76. The van der Waals surface area contributed by atoms with Crippen molar-refractivity contribution in [2.45, 2.75) is 0 Å². The third-order valence-corrected chi connectivity index (χ3v) is 4.63. The summed E-state index contributed by atoms with van der Waals surface area (Å²) in [4.78, 5) is 12.9. The summed E-state index contributed by atoms with van der Waals surface area (Å²) < 4.78 is 21.6. The normalized spacial score (nSPS) is 10.6. The first kappa shape index (κ1) is 19.1. The fourth-order valence-corrected chi connectivity index (χ4v) is 3.15. The van der Waals surface area contributed by atoms with Crippen molar-refractivity contribution in [3.63, 3.8) is 0 Å². The highest BCUT2D eigenvalue weighted by atomic mass is 19.1. The number of pyridine rings is 1. The summed E-state index contributed by atoms with van der Waals surface area (Å²) in [5.41, 5.74) is 0.765. The molecule has 32 heavy (non-hydrogen) atoms. The molecule has 0 saturated heterocycles. The van der Waals surface area contributed by atoms with Gasteiger partial charge < -0.3 is 10.1 Å². The van der Waals surface area contributed by atoms with Crippen LogP contribution in [0.15, 0.2) is 79.4 Å². The number of halogens is 1. The van der Waals surface area contributed by atoms with E-state index in [0.29, 0.717) is 34.1 Å². The molecule has 9 heteroatoms. The van der Waals surface area contributed by atoms with E-state index in [0.717, 1.165) is 0 Å². The first-order chi connectivity index (χ1) is 15.7. The molecular weight excluding hydrogens is 409 g/mol. The van der Waals surface area contributed by atoms with Gasteiger partial charge >= 0.3 is 0 Å². The Morgan fingerprint density at radius 1 is 1.00 bits per heavy atom. The van der Waals surface area contributed by atoms with E-state index in [1.165, 1.54) is 24.5 Å². The number of hydrogen-bond donors (Lipinski definition) is 1. The van der Waals surface area contributed by atoms with Gasteiger partial charge in [-0.25, -0.2) is 24.0 Å². The molecule has 154 valence electrons. The van der Waals surface area contributed by atoms with Gasteiger partial charge in [0.1, 0.15) is 24.0 Å². The van der Waals surface area contributed by atoms with Crippen LogP contribution in [-0.4, -0.2) is 24.7 Å². The van der Waals surface area contributed by atoms with E-state index in [-0.39, 0.29) is 11.3 Å². The van der Waals surface area contributed by atoms with Gasteiger partial charge in [0.2, 0.25) is 0 Å². The van der Waals surface area contributed by atoms with E-state index in [2.05, 4.69) is 25.4 Å². The van der Waals surface area contributed by atoms with Gasteiger partial charge in [-0.15, -0.1) is 5.10 Å². The number of aromatic nitrogens is 5. The number of benzene rings is 2. The summed E-state index contributed by atoms with van der Waals surface area (Å²) in [6, 6.07) is 18.6. The molecule has 0 amide bonds. The maximum atomic E-state index is 14.2. The molecule has 0 spiro atoms. The molecule has 5 aromatic rings. The molecule has 0 fully saturated rings. The van der Waals surface area contributed by atoms with E-state index in [1.807, 2.05) is 24.3 Å². The third-order valence-electron chi connectivity index (χ3n) is 4.63. The van der Waals surface area contributed by atoms with Gasteiger partial charge in [-0.2, -0.15) is 5.26 Å². The molecule has 0 unspecified atom stereocenters. The van der Waals surface area contributed by atoms with E-state index in [9.17, 15) is 9.65 Å². The smallest absolute Gasteiger partial charge is 0.180 e. The monoisotopic (exact) mass is 423 g/mol. The van der Waals surface area contributed by atoms with Crippen LogP contribution in [0.5, 0.6) is 11.5 Å². The molecule has 1 N–H and O–H groups in total. The number of para-hydroxylation sites is 1. The van der Waals surface area contributed by atoms with Crippen LogP contribution in [0.4, 0.5) is 16.0 Å². The number of nitrogens with one attached hydrogen (secondary N) is 1. The highest BCUT2D eigenvalue weighted by Gasteiger charge is 2.13. The molecular formula is C23H14FN7O. The van der Waals surface area contributed by atoms with Gasteiger partial charge in [0.25, 0.3) is 0 Å². The van der Waals surface area contributed by atoms with Crippen molar-refractivity contribution in [3.8, 4) is 23.4 Å². The molecule has 0 atom stereocenters. The second-order valence-corrected chi connectivity index (χ2v) is 6.69. The van der Waals surface area contributed by atoms with Gasteiger partial charge in [-0.3, -0.25) is 0 Å². The summed E-state index contributed by atoms with van der Waals surface area (Å²) in [5.74, 6) is 1.34. The molecule has 5 rings (SSSR count). The Morgan fingerprint density at radius 2 is 1.94 bits per heavy atom.